The summed E-state index contributed by atoms with van der Waals surface area (Å²) in [5.41, 5.74) is 9.50. The molecule has 0 radical (unpaired) electrons. The van der Waals surface area contributed by atoms with E-state index < -0.39 is 0 Å². The molecular formula is C21H22ClN3O3. The van der Waals surface area contributed by atoms with Crippen LogP contribution in [0, 0.1) is 0 Å². The predicted octanol–water partition coefficient (Wildman–Crippen LogP) is 3.36. The standard InChI is InChI=1S/C21H22ClN3O3/c1-28-18-5-2-12(10-17(18)26)21-20-14(7-9-25(21)19(27)6-8-23)15-11-13(22)3-4-16(15)24-20/h2-5,10-11,21,24,26H,6-9,23H2,1H3. The average molecular weight is 400 g/mol. The van der Waals surface area contributed by atoms with Gasteiger partial charge in [-0.1, -0.05) is 17.7 Å². The van der Waals surface area contributed by atoms with Crippen molar-refractivity contribution in [3.63, 3.8) is 0 Å². The Hall–Kier alpha value is -2.70. The molecule has 0 saturated carbocycles. The van der Waals surface area contributed by atoms with Crippen LogP contribution in [0.4, 0.5) is 0 Å². The van der Waals surface area contributed by atoms with Gasteiger partial charge in [-0.3, -0.25) is 4.79 Å². The highest BCUT2D eigenvalue weighted by molar-refractivity contribution is 6.31. The van der Waals surface area contributed by atoms with Gasteiger partial charge in [-0.2, -0.15) is 0 Å². The Morgan fingerprint density at radius 3 is 2.89 bits per heavy atom. The second kappa shape index (κ2) is 7.37. The molecule has 7 heteroatoms. The summed E-state index contributed by atoms with van der Waals surface area (Å²) in [5.74, 6) is 0.422. The smallest absolute Gasteiger partial charge is 0.224 e. The number of phenols is 1. The molecule has 0 fully saturated rings. The maximum Gasteiger partial charge on any atom is 0.224 e. The number of aromatic amines is 1. The Labute approximate surface area is 167 Å². The van der Waals surface area contributed by atoms with Crippen LogP contribution < -0.4 is 10.5 Å². The van der Waals surface area contributed by atoms with Crippen molar-refractivity contribution >= 4 is 28.4 Å². The Kier molecular flexibility index (Phi) is 4.91. The molecule has 2 aromatic carbocycles. The summed E-state index contributed by atoms with van der Waals surface area (Å²) in [4.78, 5) is 18.1. The second-order valence-electron chi connectivity index (χ2n) is 6.92. The highest BCUT2D eigenvalue weighted by Gasteiger charge is 2.34. The number of benzene rings is 2. The third-order valence-electron chi connectivity index (χ3n) is 5.29. The van der Waals surface area contributed by atoms with Crippen molar-refractivity contribution in [3.05, 3.63) is 58.2 Å². The van der Waals surface area contributed by atoms with Crippen molar-refractivity contribution in [1.29, 1.82) is 0 Å². The molecule has 6 nitrogen and oxygen atoms in total. The molecule has 28 heavy (non-hydrogen) atoms. The Morgan fingerprint density at radius 1 is 1.36 bits per heavy atom. The van der Waals surface area contributed by atoms with Gasteiger partial charge in [0, 0.05) is 41.1 Å². The number of carbonyl (C=O) groups is 1. The zero-order valence-corrected chi connectivity index (χ0v) is 16.3. The van der Waals surface area contributed by atoms with Crippen LogP contribution in [0.25, 0.3) is 10.9 Å². The Balaban J connectivity index is 1.88. The minimum atomic E-state index is -0.342. The fourth-order valence-corrected chi connectivity index (χ4v) is 4.19. The molecule has 4 rings (SSSR count). The minimum Gasteiger partial charge on any atom is -0.504 e. The molecule has 0 saturated heterocycles. The molecule has 1 unspecified atom stereocenters. The number of aromatic hydroxyl groups is 1. The van der Waals surface area contributed by atoms with Crippen LogP contribution in [-0.2, 0) is 11.2 Å². The number of methoxy groups -OCH3 is 1. The van der Waals surface area contributed by atoms with Crippen LogP contribution in [-0.4, -0.2) is 41.1 Å². The van der Waals surface area contributed by atoms with Crippen LogP contribution in [0.5, 0.6) is 11.5 Å². The first kappa shape index (κ1) is 18.7. The Morgan fingerprint density at radius 2 is 2.18 bits per heavy atom. The molecule has 1 aromatic heterocycles. The quantitative estimate of drug-likeness (QED) is 0.627. The number of nitrogens with one attached hydrogen (secondary N) is 1. The van der Waals surface area contributed by atoms with E-state index in [1.807, 2.05) is 29.2 Å². The lowest BCUT2D eigenvalue weighted by atomic mass is 9.92. The van der Waals surface area contributed by atoms with Crippen molar-refractivity contribution in [2.45, 2.75) is 18.9 Å². The summed E-state index contributed by atoms with van der Waals surface area (Å²) >= 11 is 6.21. The van der Waals surface area contributed by atoms with E-state index >= 15 is 0 Å². The number of nitrogens with two attached hydrogens (primary N) is 1. The first-order valence-corrected chi connectivity index (χ1v) is 9.57. The topological polar surface area (TPSA) is 91.6 Å². The Bertz CT molecular complexity index is 1050. The largest absolute Gasteiger partial charge is 0.504 e. The van der Waals surface area contributed by atoms with Gasteiger partial charge in [0.15, 0.2) is 11.5 Å². The van der Waals surface area contributed by atoms with Crippen molar-refractivity contribution < 1.29 is 14.6 Å². The summed E-state index contributed by atoms with van der Waals surface area (Å²) in [6.07, 6.45) is 1.00. The highest BCUT2D eigenvalue weighted by atomic mass is 35.5. The fraction of sp³-hybridized carbons (Fsp3) is 0.286. The van der Waals surface area contributed by atoms with Gasteiger partial charge in [0.2, 0.25) is 5.91 Å². The van der Waals surface area contributed by atoms with Gasteiger partial charge in [-0.25, -0.2) is 0 Å². The number of phenolic OH excluding ortho intramolecular Hbond substituents is 1. The molecule has 0 bridgehead atoms. The van der Waals surface area contributed by atoms with Gasteiger partial charge < -0.3 is 25.5 Å². The maximum absolute atomic E-state index is 12.8. The van der Waals surface area contributed by atoms with Crippen molar-refractivity contribution in [3.8, 4) is 11.5 Å². The van der Waals surface area contributed by atoms with E-state index in [2.05, 4.69) is 4.98 Å². The first-order valence-electron chi connectivity index (χ1n) is 9.20. The molecule has 4 N–H and O–H groups in total. The summed E-state index contributed by atoms with van der Waals surface area (Å²) in [5, 5.41) is 12.0. The van der Waals surface area contributed by atoms with Gasteiger partial charge in [0.25, 0.3) is 0 Å². The van der Waals surface area contributed by atoms with E-state index in [-0.39, 0.29) is 24.1 Å². The lowest BCUT2D eigenvalue weighted by Crippen LogP contribution is -2.41. The number of hydrogen-bond acceptors (Lipinski definition) is 4. The number of aromatic nitrogens is 1. The SMILES string of the molecule is COc1ccc(C2c3[nH]c4ccc(Cl)cc4c3CCN2C(=O)CCN)cc1O. The number of ether oxygens (including phenoxy) is 1. The van der Waals surface area contributed by atoms with E-state index in [4.69, 9.17) is 22.1 Å². The number of H-pyrrole nitrogens is 1. The molecular weight excluding hydrogens is 378 g/mol. The van der Waals surface area contributed by atoms with Crippen LogP contribution in [0.3, 0.4) is 0 Å². The van der Waals surface area contributed by atoms with E-state index in [0.717, 1.165) is 34.1 Å². The summed E-state index contributed by atoms with van der Waals surface area (Å²) in [6.45, 7) is 0.869. The molecule has 1 aliphatic heterocycles. The van der Waals surface area contributed by atoms with E-state index in [1.165, 1.54) is 7.11 Å². The number of halogens is 1. The zero-order chi connectivity index (χ0) is 19.8. The fourth-order valence-electron chi connectivity index (χ4n) is 4.02. The van der Waals surface area contributed by atoms with Gasteiger partial charge >= 0.3 is 0 Å². The van der Waals surface area contributed by atoms with Gasteiger partial charge in [-0.05, 0) is 47.9 Å². The van der Waals surface area contributed by atoms with Crippen molar-refractivity contribution in [2.24, 2.45) is 5.73 Å². The van der Waals surface area contributed by atoms with Gasteiger partial charge in [-0.15, -0.1) is 0 Å². The lowest BCUT2D eigenvalue weighted by Gasteiger charge is -2.36. The van der Waals surface area contributed by atoms with Crippen molar-refractivity contribution in [1.82, 2.24) is 9.88 Å². The summed E-state index contributed by atoms with van der Waals surface area (Å²) in [7, 11) is 1.51. The summed E-state index contributed by atoms with van der Waals surface area (Å²) < 4.78 is 5.16. The molecule has 2 heterocycles. The second-order valence-corrected chi connectivity index (χ2v) is 7.35. The van der Waals surface area contributed by atoms with Gasteiger partial charge in [0.05, 0.1) is 13.2 Å². The van der Waals surface area contributed by atoms with Crippen LogP contribution in [0.15, 0.2) is 36.4 Å². The normalized spacial score (nSPS) is 16.2. The average Bonchev–Trinajstić information content (AvgIpc) is 3.05. The third kappa shape index (κ3) is 3.08. The molecule has 1 aliphatic rings. The molecule has 146 valence electrons. The van der Waals surface area contributed by atoms with Gasteiger partial charge in [0.1, 0.15) is 0 Å². The van der Waals surface area contributed by atoms with E-state index in [0.29, 0.717) is 23.9 Å². The number of rotatable bonds is 4. The number of carbonyl (C=O) groups excluding carboxylic acids is 1. The number of amides is 1. The lowest BCUT2D eigenvalue weighted by molar-refractivity contribution is -0.133. The van der Waals surface area contributed by atoms with Crippen LogP contribution >= 0.6 is 11.6 Å². The summed E-state index contributed by atoms with van der Waals surface area (Å²) in [6, 6.07) is 10.6. The molecule has 0 aliphatic carbocycles. The van der Waals surface area contributed by atoms with Crippen molar-refractivity contribution in [2.75, 3.05) is 20.2 Å². The van der Waals surface area contributed by atoms with Crippen LogP contribution in [0.2, 0.25) is 5.02 Å². The number of hydrogen-bond donors (Lipinski definition) is 3. The monoisotopic (exact) mass is 399 g/mol. The van der Waals surface area contributed by atoms with E-state index in [9.17, 15) is 9.90 Å². The molecule has 1 amide bonds. The number of fused-ring (bicyclic) bond motifs is 3. The highest BCUT2D eigenvalue weighted by Crippen LogP contribution is 2.41. The molecule has 3 aromatic rings. The zero-order valence-electron chi connectivity index (χ0n) is 15.5. The van der Waals surface area contributed by atoms with E-state index in [1.54, 1.807) is 12.1 Å². The third-order valence-corrected chi connectivity index (χ3v) is 5.52. The van der Waals surface area contributed by atoms with Crippen LogP contribution in [0.1, 0.15) is 29.3 Å². The predicted molar refractivity (Wildman–Crippen MR) is 109 cm³/mol. The minimum absolute atomic E-state index is 0.00912. The first-order chi connectivity index (χ1) is 13.5. The molecule has 0 spiro atoms. The molecule has 1 atom stereocenters. The number of nitrogens with zero attached hydrogens (tertiary/aromatic N) is 1. The maximum atomic E-state index is 12.8.